The van der Waals surface area contributed by atoms with E-state index in [2.05, 4.69) is 0 Å². The Labute approximate surface area is 94.8 Å². The van der Waals surface area contributed by atoms with Gasteiger partial charge in [0.1, 0.15) is 11.6 Å². The van der Waals surface area contributed by atoms with E-state index >= 15 is 0 Å². The molecule has 2 rings (SSSR count). The van der Waals surface area contributed by atoms with Crippen molar-refractivity contribution in [3.05, 3.63) is 29.3 Å². The van der Waals surface area contributed by atoms with Gasteiger partial charge in [0.2, 0.25) is 0 Å². The van der Waals surface area contributed by atoms with Gasteiger partial charge in [-0.3, -0.25) is 14.0 Å². The summed E-state index contributed by atoms with van der Waals surface area (Å²) < 4.78 is 38.4. The number of Topliss-reactive ketones (excluding diaryl/α,β-unsaturated/α-hetero) is 1. The van der Waals surface area contributed by atoms with E-state index in [0.717, 1.165) is 11.0 Å². The largest absolute Gasteiger partial charge is 0.304 e. The predicted octanol–water partition coefficient (Wildman–Crippen LogP) is 1.85. The van der Waals surface area contributed by atoms with Gasteiger partial charge in [-0.2, -0.15) is 0 Å². The number of amides is 1. The van der Waals surface area contributed by atoms with Gasteiger partial charge in [0, 0.05) is 12.6 Å². The molecule has 0 saturated heterocycles. The van der Waals surface area contributed by atoms with Crippen LogP contribution in [0.3, 0.4) is 0 Å². The Balaban J connectivity index is 2.48. The molecule has 1 aliphatic rings. The summed E-state index contributed by atoms with van der Waals surface area (Å²) in [4.78, 5) is 23.9. The number of halogens is 3. The Bertz CT molecular complexity index is 502. The Hall–Kier alpha value is -1.85. The second-order valence-electron chi connectivity index (χ2n) is 3.61. The Kier molecular flexibility index (Phi) is 2.87. The van der Waals surface area contributed by atoms with E-state index < -0.39 is 35.6 Å². The topological polar surface area (TPSA) is 37.4 Å². The molecule has 0 spiro atoms. The van der Waals surface area contributed by atoms with Crippen molar-refractivity contribution in [1.82, 2.24) is 0 Å². The first-order valence-electron chi connectivity index (χ1n) is 4.97. The predicted molar refractivity (Wildman–Crippen MR) is 53.6 cm³/mol. The van der Waals surface area contributed by atoms with E-state index in [-0.39, 0.29) is 18.7 Å². The fourth-order valence-electron chi connectivity index (χ4n) is 1.78. The summed E-state index contributed by atoms with van der Waals surface area (Å²) in [6.07, 6.45) is 0.0105. The number of benzene rings is 1. The van der Waals surface area contributed by atoms with Crippen LogP contribution in [0.2, 0.25) is 0 Å². The molecular weight excluding hydrogens is 235 g/mol. The molecule has 0 N–H and O–H groups in total. The van der Waals surface area contributed by atoms with Crippen molar-refractivity contribution < 1.29 is 22.8 Å². The van der Waals surface area contributed by atoms with Crippen molar-refractivity contribution in [3.63, 3.8) is 0 Å². The van der Waals surface area contributed by atoms with Crippen molar-refractivity contribution in [2.24, 2.45) is 0 Å². The maximum Gasteiger partial charge on any atom is 0.299 e. The van der Waals surface area contributed by atoms with Crippen LogP contribution in [0.5, 0.6) is 0 Å². The first-order valence-corrected chi connectivity index (χ1v) is 4.97. The molecule has 17 heavy (non-hydrogen) atoms. The average Bonchev–Trinajstić information content (AvgIpc) is 2.49. The summed E-state index contributed by atoms with van der Waals surface area (Å²) in [6, 6.07) is 1.45. The number of ketones is 1. The van der Waals surface area contributed by atoms with E-state index in [0.29, 0.717) is 6.07 Å². The summed E-state index contributed by atoms with van der Waals surface area (Å²) in [5, 5.41) is 0. The van der Waals surface area contributed by atoms with Crippen LogP contribution in [-0.4, -0.2) is 24.9 Å². The molecule has 0 bridgehead atoms. The lowest BCUT2D eigenvalue weighted by atomic mass is 10.1. The Morgan fingerprint density at radius 3 is 2.53 bits per heavy atom. The number of hydrogen-bond donors (Lipinski definition) is 0. The van der Waals surface area contributed by atoms with E-state index in [4.69, 9.17) is 0 Å². The minimum Gasteiger partial charge on any atom is -0.304 e. The molecule has 6 heteroatoms. The number of anilines is 1. The molecule has 0 aliphatic carbocycles. The quantitative estimate of drug-likeness (QED) is 0.760. The van der Waals surface area contributed by atoms with E-state index in [1.54, 1.807) is 0 Å². The standard InChI is InChI=1S/C11H8F3NO2/c12-2-1-3-15-8-5-6(13)4-7(14)9(8)10(16)11(15)17/h4-5H,1-3H2. The number of rotatable bonds is 3. The van der Waals surface area contributed by atoms with E-state index in [1.807, 2.05) is 0 Å². The molecular formula is C11H8F3NO2. The van der Waals surface area contributed by atoms with E-state index in [9.17, 15) is 22.8 Å². The van der Waals surface area contributed by atoms with E-state index in [1.165, 1.54) is 0 Å². The number of nitrogens with zero attached hydrogens (tertiary/aromatic N) is 1. The summed E-state index contributed by atoms with van der Waals surface area (Å²) in [5.41, 5.74) is -0.554. The molecule has 1 aromatic rings. The molecule has 1 amide bonds. The maximum atomic E-state index is 13.4. The number of hydrogen-bond acceptors (Lipinski definition) is 2. The highest BCUT2D eigenvalue weighted by molar-refractivity contribution is 6.52. The number of carbonyl (C=O) groups excluding carboxylic acids is 2. The SMILES string of the molecule is O=C1C(=O)N(CCCF)c2cc(F)cc(F)c21. The molecule has 90 valence electrons. The van der Waals surface area contributed by atoms with Crippen molar-refractivity contribution in [3.8, 4) is 0 Å². The van der Waals surface area contributed by atoms with Crippen molar-refractivity contribution in [1.29, 1.82) is 0 Å². The number of alkyl halides is 1. The van der Waals surface area contributed by atoms with Gasteiger partial charge in [0.05, 0.1) is 17.9 Å². The minimum atomic E-state index is -1.07. The third-order valence-corrected chi connectivity index (χ3v) is 2.51. The molecule has 0 fully saturated rings. The fraction of sp³-hybridized carbons (Fsp3) is 0.273. The van der Waals surface area contributed by atoms with Crippen LogP contribution in [0.25, 0.3) is 0 Å². The summed E-state index contributed by atoms with van der Waals surface area (Å²) in [7, 11) is 0. The molecule has 3 nitrogen and oxygen atoms in total. The Morgan fingerprint density at radius 2 is 1.88 bits per heavy atom. The lowest BCUT2D eigenvalue weighted by molar-refractivity contribution is -0.114. The maximum absolute atomic E-state index is 13.4. The van der Waals surface area contributed by atoms with Gasteiger partial charge in [0.25, 0.3) is 11.7 Å². The zero-order chi connectivity index (χ0) is 12.6. The van der Waals surface area contributed by atoms with Gasteiger partial charge < -0.3 is 4.90 Å². The zero-order valence-corrected chi connectivity index (χ0v) is 8.67. The third kappa shape index (κ3) is 1.79. The average molecular weight is 243 g/mol. The molecule has 1 heterocycles. The lowest BCUT2D eigenvalue weighted by Gasteiger charge is -2.15. The number of fused-ring (bicyclic) bond motifs is 1. The second-order valence-corrected chi connectivity index (χ2v) is 3.61. The molecule has 0 unspecified atom stereocenters. The first-order chi connectivity index (χ1) is 8.06. The van der Waals surface area contributed by atoms with Crippen molar-refractivity contribution in [2.45, 2.75) is 6.42 Å². The minimum absolute atomic E-state index is 0.0105. The summed E-state index contributed by atoms with van der Waals surface area (Å²) in [6.45, 7) is -0.748. The van der Waals surface area contributed by atoms with Gasteiger partial charge in [-0.15, -0.1) is 0 Å². The molecule has 1 aromatic carbocycles. The van der Waals surface area contributed by atoms with Crippen LogP contribution in [0.1, 0.15) is 16.8 Å². The van der Waals surface area contributed by atoms with Crippen molar-refractivity contribution in [2.75, 3.05) is 18.1 Å². The first kappa shape index (κ1) is 11.6. The van der Waals surface area contributed by atoms with Crippen molar-refractivity contribution >= 4 is 17.4 Å². The molecule has 0 radical (unpaired) electrons. The van der Waals surface area contributed by atoms with Crippen LogP contribution in [-0.2, 0) is 4.79 Å². The second kappa shape index (κ2) is 4.20. The highest BCUT2D eigenvalue weighted by Crippen LogP contribution is 2.31. The molecule has 0 atom stereocenters. The zero-order valence-electron chi connectivity index (χ0n) is 8.67. The smallest absolute Gasteiger partial charge is 0.299 e. The monoisotopic (exact) mass is 243 g/mol. The summed E-state index contributed by atoms with van der Waals surface area (Å²) in [5.74, 6) is -3.91. The molecule has 0 saturated carbocycles. The van der Waals surface area contributed by atoms with Gasteiger partial charge in [0.15, 0.2) is 0 Å². The van der Waals surface area contributed by atoms with Gasteiger partial charge >= 0.3 is 0 Å². The van der Waals surface area contributed by atoms with Crippen LogP contribution in [0.15, 0.2) is 12.1 Å². The molecule has 0 aromatic heterocycles. The number of carbonyl (C=O) groups is 2. The Morgan fingerprint density at radius 1 is 1.18 bits per heavy atom. The third-order valence-electron chi connectivity index (χ3n) is 2.51. The van der Waals surface area contributed by atoms with Crippen LogP contribution >= 0.6 is 0 Å². The van der Waals surface area contributed by atoms with Crippen LogP contribution in [0.4, 0.5) is 18.9 Å². The normalized spacial score (nSPS) is 14.4. The van der Waals surface area contributed by atoms with Crippen LogP contribution in [0, 0.1) is 11.6 Å². The highest BCUT2D eigenvalue weighted by atomic mass is 19.1. The van der Waals surface area contributed by atoms with Gasteiger partial charge in [-0.05, 0) is 12.5 Å². The van der Waals surface area contributed by atoms with Gasteiger partial charge in [-0.25, -0.2) is 8.78 Å². The fourth-order valence-corrected chi connectivity index (χ4v) is 1.78. The molecule has 1 aliphatic heterocycles. The van der Waals surface area contributed by atoms with Crippen LogP contribution < -0.4 is 4.90 Å². The summed E-state index contributed by atoms with van der Waals surface area (Å²) >= 11 is 0. The van der Waals surface area contributed by atoms with Gasteiger partial charge in [-0.1, -0.05) is 0 Å². The highest BCUT2D eigenvalue weighted by Gasteiger charge is 2.38. The lowest BCUT2D eigenvalue weighted by Crippen LogP contribution is -2.30.